The van der Waals surface area contributed by atoms with E-state index in [1.807, 2.05) is 37.3 Å². The monoisotopic (exact) mass is 293 g/mol. The van der Waals surface area contributed by atoms with Gasteiger partial charge in [0.2, 0.25) is 0 Å². The Balaban J connectivity index is 0. The molecule has 1 aromatic carbocycles. The maximum Gasteiger partial charge on any atom is 0.158 e. The van der Waals surface area contributed by atoms with Crippen LogP contribution >= 0.6 is 36.6 Å². The minimum atomic E-state index is 0. The molecule has 1 rings (SSSR count). The Bertz CT molecular complexity index is 369. The molecule has 0 fully saturated rings. The van der Waals surface area contributed by atoms with Gasteiger partial charge in [0.05, 0.1) is 0 Å². The van der Waals surface area contributed by atoms with Crippen LogP contribution in [0.2, 0.25) is 0 Å². The van der Waals surface area contributed by atoms with Gasteiger partial charge in [0, 0.05) is 5.69 Å². The average Bonchev–Trinajstić information content (AvgIpc) is 2.21. The van der Waals surface area contributed by atoms with Crippen LogP contribution in [0.3, 0.4) is 0 Å². The van der Waals surface area contributed by atoms with Crippen molar-refractivity contribution < 1.29 is 0 Å². The first-order valence-corrected chi connectivity index (χ1v) is 5.72. The van der Waals surface area contributed by atoms with Gasteiger partial charge in [-0.3, -0.25) is 5.41 Å². The molecule has 0 radical (unpaired) electrons. The fraction of sp³-hybridized carbons (Fsp3) is 0.182. The zero-order valence-corrected chi connectivity index (χ0v) is 11.9. The van der Waals surface area contributed by atoms with E-state index in [2.05, 4.69) is 5.32 Å². The van der Waals surface area contributed by atoms with Crippen LogP contribution in [0, 0.1) is 5.41 Å². The zero-order chi connectivity index (χ0) is 11.1. The molecule has 0 saturated carbocycles. The highest BCUT2D eigenvalue weighted by Crippen LogP contribution is 2.17. The van der Waals surface area contributed by atoms with E-state index in [-0.39, 0.29) is 24.8 Å². The molecule has 0 aromatic heterocycles. The molecule has 0 aliphatic rings. The van der Waals surface area contributed by atoms with E-state index >= 15 is 0 Å². The summed E-state index contributed by atoms with van der Waals surface area (Å²) in [5.74, 6) is 0.890. The van der Waals surface area contributed by atoms with Crippen LogP contribution in [0.1, 0.15) is 12.5 Å². The summed E-state index contributed by atoms with van der Waals surface area (Å²) in [7, 11) is 0. The number of anilines is 1. The molecule has 96 valence electrons. The summed E-state index contributed by atoms with van der Waals surface area (Å²) in [6.45, 7) is 2.02. The van der Waals surface area contributed by atoms with Crippen molar-refractivity contribution in [1.29, 1.82) is 5.41 Å². The van der Waals surface area contributed by atoms with Crippen LogP contribution in [0.15, 0.2) is 30.5 Å². The summed E-state index contributed by atoms with van der Waals surface area (Å²) in [5.41, 5.74) is 7.25. The van der Waals surface area contributed by atoms with Crippen molar-refractivity contribution in [2.75, 3.05) is 11.1 Å². The summed E-state index contributed by atoms with van der Waals surface area (Å²) in [4.78, 5) is 0. The Labute approximate surface area is 119 Å². The Morgan fingerprint density at radius 3 is 2.65 bits per heavy atom. The molecular formula is C11H17Cl2N3S. The Kier molecular flexibility index (Phi) is 11.2. The van der Waals surface area contributed by atoms with Crippen molar-refractivity contribution in [1.82, 2.24) is 0 Å². The second-order valence-electron chi connectivity index (χ2n) is 2.83. The number of thioether (sulfide) groups is 1. The third kappa shape index (κ3) is 6.46. The minimum absolute atomic E-state index is 0. The van der Waals surface area contributed by atoms with E-state index in [4.69, 9.17) is 11.1 Å². The van der Waals surface area contributed by atoms with Gasteiger partial charge in [0.25, 0.3) is 0 Å². The molecular weight excluding hydrogens is 277 g/mol. The number of nitrogens with one attached hydrogen (secondary N) is 2. The van der Waals surface area contributed by atoms with E-state index in [1.54, 1.807) is 0 Å². The molecule has 17 heavy (non-hydrogen) atoms. The molecule has 0 amide bonds. The number of nitrogens with two attached hydrogens (primary N) is 1. The Morgan fingerprint density at radius 1 is 1.41 bits per heavy atom. The predicted molar refractivity (Wildman–Crippen MR) is 83.6 cm³/mol. The molecule has 0 bridgehead atoms. The van der Waals surface area contributed by atoms with E-state index in [1.165, 1.54) is 18.0 Å². The van der Waals surface area contributed by atoms with Crippen molar-refractivity contribution in [3.05, 3.63) is 36.0 Å². The van der Waals surface area contributed by atoms with Crippen LogP contribution in [-0.4, -0.2) is 10.9 Å². The van der Waals surface area contributed by atoms with E-state index in [0.717, 1.165) is 17.0 Å². The first-order chi connectivity index (χ1) is 7.27. The standard InChI is InChI=1S/C11H15N3S.2ClH/c1-2-15-11(13)14-10-6-4-3-5-9(10)7-8-12;;/h3-8H,2,12H2,1H3,(H2,13,14);2*1H. The third-order valence-corrected chi connectivity index (χ3v) is 2.45. The van der Waals surface area contributed by atoms with E-state index in [0.29, 0.717) is 5.17 Å². The molecule has 0 saturated heterocycles. The number of hydrogen-bond acceptors (Lipinski definition) is 3. The normalized spacial score (nSPS) is 9.24. The summed E-state index contributed by atoms with van der Waals surface area (Å²) >= 11 is 1.47. The lowest BCUT2D eigenvalue weighted by atomic mass is 10.2. The van der Waals surface area contributed by atoms with Crippen LogP contribution in [0.4, 0.5) is 5.69 Å². The van der Waals surface area contributed by atoms with Crippen molar-refractivity contribution in [2.24, 2.45) is 5.73 Å². The molecule has 0 unspecified atom stereocenters. The maximum absolute atomic E-state index is 7.65. The average molecular weight is 294 g/mol. The first kappa shape index (κ1) is 18.5. The SMILES string of the molecule is CCSC(=N)Nc1ccccc1C=CN.Cl.Cl. The van der Waals surface area contributed by atoms with Crippen molar-refractivity contribution >= 4 is 53.5 Å². The first-order valence-electron chi connectivity index (χ1n) is 4.73. The smallest absolute Gasteiger partial charge is 0.158 e. The van der Waals surface area contributed by atoms with Crippen LogP contribution < -0.4 is 11.1 Å². The van der Waals surface area contributed by atoms with Gasteiger partial charge >= 0.3 is 0 Å². The molecule has 1 aromatic rings. The summed E-state index contributed by atoms with van der Waals surface area (Å²) < 4.78 is 0. The zero-order valence-electron chi connectivity index (χ0n) is 9.47. The highest BCUT2D eigenvalue weighted by Gasteiger charge is 2.00. The Hall–Kier alpha value is -0.840. The second-order valence-corrected chi connectivity index (χ2v) is 4.11. The minimum Gasteiger partial charge on any atom is -0.405 e. The second kappa shape index (κ2) is 10.3. The maximum atomic E-state index is 7.65. The predicted octanol–water partition coefficient (Wildman–Crippen LogP) is 3.56. The lowest BCUT2D eigenvalue weighted by molar-refractivity contribution is 1.49. The number of halogens is 2. The molecule has 6 heteroatoms. The largest absolute Gasteiger partial charge is 0.405 e. The van der Waals surface area contributed by atoms with Gasteiger partial charge in [-0.15, -0.1) is 24.8 Å². The summed E-state index contributed by atoms with van der Waals surface area (Å²) in [6.07, 6.45) is 3.31. The number of para-hydroxylation sites is 1. The summed E-state index contributed by atoms with van der Waals surface area (Å²) in [6, 6.07) is 7.76. The molecule has 0 spiro atoms. The van der Waals surface area contributed by atoms with Crippen LogP contribution in [0.5, 0.6) is 0 Å². The van der Waals surface area contributed by atoms with Gasteiger partial charge in [0.15, 0.2) is 5.17 Å². The fourth-order valence-electron chi connectivity index (χ4n) is 1.16. The quantitative estimate of drug-likeness (QED) is 0.590. The fourth-order valence-corrected chi connectivity index (χ4v) is 1.63. The van der Waals surface area contributed by atoms with Gasteiger partial charge < -0.3 is 11.1 Å². The van der Waals surface area contributed by atoms with Crippen molar-refractivity contribution in [3.63, 3.8) is 0 Å². The van der Waals surface area contributed by atoms with E-state index in [9.17, 15) is 0 Å². The number of hydrogen-bond donors (Lipinski definition) is 3. The molecule has 0 aliphatic carbocycles. The molecule has 0 heterocycles. The molecule has 0 aliphatic heterocycles. The lowest BCUT2D eigenvalue weighted by Crippen LogP contribution is -2.07. The van der Waals surface area contributed by atoms with Gasteiger partial charge in [-0.25, -0.2) is 0 Å². The highest BCUT2D eigenvalue weighted by atomic mass is 35.5. The molecule has 0 atom stereocenters. The van der Waals surface area contributed by atoms with Crippen molar-refractivity contribution in [2.45, 2.75) is 6.92 Å². The van der Waals surface area contributed by atoms with Gasteiger partial charge in [-0.1, -0.05) is 36.9 Å². The number of amidine groups is 1. The topological polar surface area (TPSA) is 61.9 Å². The van der Waals surface area contributed by atoms with Gasteiger partial charge in [0.1, 0.15) is 0 Å². The van der Waals surface area contributed by atoms with Crippen LogP contribution in [-0.2, 0) is 0 Å². The van der Waals surface area contributed by atoms with Gasteiger partial charge in [-0.05, 0) is 29.7 Å². The molecule has 3 nitrogen and oxygen atoms in total. The lowest BCUT2D eigenvalue weighted by Gasteiger charge is -2.09. The molecule has 4 N–H and O–H groups in total. The summed E-state index contributed by atoms with van der Waals surface area (Å²) in [5, 5.41) is 11.1. The van der Waals surface area contributed by atoms with E-state index < -0.39 is 0 Å². The highest BCUT2D eigenvalue weighted by molar-refractivity contribution is 8.14. The number of benzene rings is 1. The number of rotatable bonds is 3. The van der Waals surface area contributed by atoms with Crippen LogP contribution in [0.25, 0.3) is 6.08 Å². The third-order valence-electron chi connectivity index (χ3n) is 1.77. The Morgan fingerprint density at radius 2 is 2.06 bits per heavy atom. The van der Waals surface area contributed by atoms with Crippen molar-refractivity contribution in [3.8, 4) is 0 Å². The van der Waals surface area contributed by atoms with Gasteiger partial charge in [-0.2, -0.15) is 0 Å².